The first kappa shape index (κ1) is 9.76. The van der Waals surface area contributed by atoms with Crippen LogP contribution >= 0.6 is 0 Å². The zero-order valence-electron chi connectivity index (χ0n) is 9.20. The van der Waals surface area contributed by atoms with Gasteiger partial charge in [-0.1, -0.05) is 6.92 Å². The third kappa shape index (κ3) is 1.49. The number of nitrogens with zero attached hydrogens (tertiary/aromatic N) is 3. The molecule has 2 aromatic rings. The molecule has 80 valence electrons. The van der Waals surface area contributed by atoms with E-state index < -0.39 is 0 Å². The molecule has 0 atom stereocenters. The van der Waals surface area contributed by atoms with E-state index in [0.29, 0.717) is 5.82 Å². The first-order valence-corrected chi connectivity index (χ1v) is 4.96. The molecule has 0 aliphatic carbocycles. The number of hydrogen-bond donors (Lipinski definition) is 2. The summed E-state index contributed by atoms with van der Waals surface area (Å²) in [5.41, 5.74) is 9.87. The molecule has 15 heavy (non-hydrogen) atoms. The highest BCUT2D eigenvalue weighted by Crippen LogP contribution is 2.27. The lowest BCUT2D eigenvalue weighted by Crippen LogP contribution is -1.91. The molecule has 2 heterocycles. The zero-order valence-corrected chi connectivity index (χ0v) is 9.20. The van der Waals surface area contributed by atoms with Gasteiger partial charge in [0.2, 0.25) is 0 Å². The Morgan fingerprint density at radius 3 is 2.80 bits per heavy atom. The Morgan fingerprint density at radius 1 is 1.53 bits per heavy atom. The standard InChI is InChI=1S/C10H15N5/c1-4-7-9(12-13-10(7)11)8-5-15(3)14-6(8)2/h5H,4H2,1-3H3,(H3,11,12,13). The maximum Gasteiger partial charge on any atom is 0.149 e. The van der Waals surface area contributed by atoms with Crippen molar-refractivity contribution in [3.05, 3.63) is 17.5 Å². The monoisotopic (exact) mass is 205 g/mol. The molecule has 0 unspecified atom stereocenters. The van der Waals surface area contributed by atoms with Crippen molar-refractivity contribution in [1.29, 1.82) is 0 Å². The number of rotatable bonds is 2. The number of aromatic amines is 1. The predicted octanol–water partition coefficient (Wildman–Crippen LogP) is 1.26. The predicted molar refractivity (Wildman–Crippen MR) is 59.3 cm³/mol. The number of nitrogen functional groups attached to an aromatic ring is 1. The Balaban J connectivity index is 2.58. The second-order valence-corrected chi connectivity index (χ2v) is 3.62. The van der Waals surface area contributed by atoms with Gasteiger partial charge in [0, 0.05) is 24.4 Å². The van der Waals surface area contributed by atoms with Gasteiger partial charge in [-0.3, -0.25) is 9.78 Å². The van der Waals surface area contributed by atoms with Crippen molar-refractivity contribution >= 4 is 5.82 Å². The Hall–Kier alpha value is -1.78. The number of hydrogen-bond acceptors (Lipinski definition) is 3. The van der Waals surface area contributed by atoms with Crippen LogP contribution in [0.2, 0.25) is 0 Å². The van der Waals surface area contributed by atoms with Gasteiger partial charge in [-0.05, 0) is 13.3 Å². The molecule has 5 heteroatoms. The van der Waals surface area contributed by atoms with Crippen LogP contribution in [0.15, 0.2) is 6.20 Å². The third-order valence-electron chi connectivity index (χ3n) is 2.54. The first-order chi connectivity index (χ1) is 7.13. The van der Waals surface area contributed by atoms with Gasteiger partial charge in [0.15, 0.2) is 0 Å². The maximum atomic E-state index is 5.78. The van der Waals surface area contributed by atoms with E-state index >= 15 is 0 Å². The van der Waals surface area contributed by atoms with Crippen LogP contribution in [0.5, 0.6) is 0 Å². The van der Waals surface area contributed by atoms with Crippen LogP contribution in [0.4, 0.5) is 5.82 Å². The van der Waals surface area contributed by atoms with Crippen LogP contribution in [-0.4, -0.2) is 20.0 Å². The second-order valence-electron chi connectivity index (χ2n) is 3.62. The summed E-state index contributed by atoms with van der Waals surface area (Å²) in [6, 6.07) is 0. The average molecular weight is 205 g/mol. The third-order valence-corrected chi connectivity index (χ3v) is 2.54. The van der Waals surface area contributed by atoms with Crippen molar-refractivity contribution in [1.82, 2.24) is 20.0 Å². The van der Waals surface area contributed by atoms with Crippen LogP contribution in [0.3, 0.4) is 0 Å². The minimum Gasteiger partial charge on any atom is -0.382 e. The summed E-state index contributed by atoms with van der Waals surface area (Å²) in [6.07, 6.45) is 2.84. The molecule has 0 aliphatic heterocycles. The van der Waals surface area contributed by atoms with Crippen molar-refractivity contribution in [2.24, 2.45) is 7.05 Å². The molecule has 0 fully saturated rings. The molecule has 0 saturated heterocycles. The first-order valence-electron chi connectivity index (χ1n) is 4.96. The molecule has 0 bridgehead atoms. The molecule has 0 aromatic carbocycles. The summed E-state index contributed by atoms with van der Waals surface area (Å²) in [7, 11) is 1.90. The van der Waals surface area contributed by atoms with Gasteiger partial charge in [-0.25, -0.2) is 0 Å². The van der Waals surface area contributed by atoms with Gasteiger partial charge in [0.05, 0.1) is 11.4 Å². The van der Waals surface area contributed by atoms with Crippen LogP contribution < -0.4 is 5.73 Å². The van der Waals surface area contributed by atoms with Crippen LogP contribution in [0, 0.1) is 6.92 Å². The van der Waals surface area contributed by atoms with Crippen molar-refractivity contribution in [2.45, 2.75) is 20.3 Å². The van der Waals surface area contributed by atoms with E-state index in [1.807, 2.05) is 20.2 Å². The van der Waals surface area contributed by atoms with E-state index in [1.54, 1.807) is 4.68 Å². The van der Waals surface area contributed by atoms with Crippen molar-refractivity contribution in [2.75, 3.05) is 5.73 Å². The van der Waals surface area contributed by atoms with Gasteiger partial charge in [-0.2, -0.15) is 10.2 Å². The lowest BCUT2D eigenvalue weighted by atomic mass is 10.1. The largest absolute Gasteiger partial charge is 0.382 e. The molecule has 0 amide bonds. The summed E-state index contributed by atoms with van der Waals surface area (Å²) in [5.74, 6) is 0.579. The minimum absolute atomic E-state index is 0.579. The van der Waals surface area contributed by atoms with Gasteiger partial charge < -0.3 is 5.73 Å². The Morgan fingerprint density at radius 2 is 2.27 bits per heavy atom. The highest BCUT2D eigenvalue weighted by molar-refractivity contribution is 5.69. The van der Waals surface area contributed by atoms with E-state index in [-0.39, 0.29) is 0 Å². The molecular weight excluding hydrogens is 190 g/mol. The Bertz CT molecular complexity index is 480. The van der Waals surface area contributed by atoms with Crippen molar-refractivity contribution in [3.63, 3.8) is 0 Å². The quantitative estimate of drug-likeness (QED) is 0.775. The molecule has 0 radical (unpaired) electrons. The van der Waals surface area contributed by atoms with Crippen LogP contribution in [0.1, 0.15) is 18.2 Å². The number of aromatic nitrogens is 4. The number of aryl methyl sites for hydroxylation is 2. The number of H-pyrrole nitrogens is 1. The fourth-order valence-electron chi connectivity index (χ4n) is 1.80. The maximum absolute atomic E-state index is 5.78. The summed E-state index contributed by atoms with van der Waals surface area (Å²) in [5, 5.41) is 11.3. The van der Waals surface area contributed by atoms with Crippen LogP contribution in [0.25, 0.3) is 11.3 Å². The highest BCUT2D eigenvalue weighted by atomic mass is 15.3. The van der Waals surface area contributed by atoms with E-state index in [4.69, 9.17) is 5.73 Å². The van der Waals surface area contributed by atoms with E-state index in [9.17, 15) is 0 Å². The summed E-state index contributed by atoms with van der Waals surface area (Å²) >= 11 is 0. The molecule has 0 spiro atoms. The van der Waals surface area contributed by atoms with Gasteiger partial charge in [0.25, 0.3) is 0 Å². The molecular formula is C10H15N5. The second kappa shape index (κ2) is 3.42. The summed E-state index contributed by atoms with van der Waals surface area (Å²) < 4.78 is 1.79. The van der Waals surface area contributed by atoms with Gasteiger partial charge in [0.1, 0.15) is 5.82 Å². The fourth-order valence-corrected chi connectivity index (χ4v) is 1.80. The lowest BCUT2D eigenvalue weighted by molar-refractivity contribution is 0.756. The van der Waals surface area contributed by atoms with Crippen LogP contribution in [-0.2, 0) is 13.5 Å². The molecule has 5 nitrogen and oxygen atoms in total. The average Bonchev–Trinajstić information content (AvgIpc) is 2.69. The molecule has 2 aromatic heterocycles. The van der Waals surface area contributed by atoms with Gasteiger partial charge >= 0.3 is 0 Å². The topological polar surface area (TPSA) is 72.5 Å². The van der Waals surface area contributed by atoms with Crippen molar-refractivity contribution in [3.8, 4) is 11.3 Å². The lowest BCUT2D eigenvalue weighted by Gasteiger charge is -1.98. The summed E-state index contributed by atoms with van der Waals surface area (Å²) in [4.78, 5) is 0. The number of nitrogens with two attached hydrogens (primary N) is 1. The molecule has 2 rings (SSSR count). The van der Waals surface area contributed by atoms with E-state index in [1.165, 1.54) is 0 Å². The summed E-state index contributed by atoms with van der Waals surface area (Å²) in [6.45, 7) is 4.04. The van der Waals surface area contributed by atoms with E-state index in [2.05, 4.69) is 22.2 Å². The minimum atomic E-state index is 0.579. The van der Waals surface area contributed by atoms with Gasteiger partial charge in [-0.15, -0.1) is 0 Å². The molecule has 0 saturated carbocycles. The Labute approximate surface area is 88.3 Å². The van der Waals surface area contributed by atoms with Crippen molar-refractivity contribution < 1.29 is 0 Å². The SMILES string of the molecule is CCc1c(N)n[nH]c1-c1cn(C)nc1C. The van der Waals surface area contributed by atoms with E-state index in [0.717, 1.165) is 28.9 Å². The smallest absolute Gasteiger partial charge is 0.149 e. The normalized spacial score (nSPS) is 10.9. The fraction of sp³-hybridized carbons (Fsp3) is 0.400. The molecule has 0 aliphatic rings. The Kier molecular flexibility index (Phi) is 2.22. The molecule has 3 N–H and O–H groups in total. The highest BCUT2D eigenvalue weighted by Gasteiger charge is 2.14. The number of anilines is 1. The number of nitrogens with one attached hydrogen (secondary N) is 1. The zero-order chi connectivity index (χ0) is 11.0.